The van der Waals surface area contributed by atoms with Crippen molar-refractivity contribution in [1.29, 1.82) is 0 Å². The van der Waals surface area contributed by atoms with Crippen LogP contribution in [0.2, 0.25) is 24.6 Å². The number of anilines is 1. The van der Waals surface area contributed by atoms with Gasteiger partial charge in [-0.05, 0) is 198 Å². The maximum Gasteiger partial charge on any atom is 0.410 e. The third kappa shape index (κ3) is 15.0. The number of hydrogen-bond acceptors (Lipinski definition) is 19. The fourth-order valence-corrected chi connectivity index (χ4v) is 20.3. The molecule has 4 aromatic carbocycles. The zero-order valence-corrected chi connectivity index (χ0v) is 61.7. The molecule has 3 amide bonds. The number of nitrogens with zero attached hydrogens (tertiary/aromatic N) is 8. The molecule has 4 saturated heterocycles. The second kappa shape index (κ2) is 27.6. The minimum absolute atomic E-state index is 0.174. The van der Waals surface area contributed by atoms with Crippen LogP contribution in [0.4, 0.5) is 9.93 Å². The summed E-state index contributed by atoms with van der Waals surface area (Å²) in [6.45, 7) is 7.19. The van der Waals surface area contributed by atoms with Crippen LogP contribution >= 0.6 is 80.7 Å². The molecule has 4 unspecified atom stereocenters. The number of fused-ring (bicyclic) bond motifs is 6. The van der Waals surface area contributed by atoms with E-state index in [-0.39, 0.29) is 23.7 Å². The van der Waals surface area contributed by atoms with Gasteiger partial charge in [-0.2, -0.15) is 0 Å². The van der Waals surface area contributed by atoms with Gasteiger partial charge in [-0.3, -0.25) is 19.4 Å². The molecular formula is C69H75Cl5N10O10S4. The van der Waals surface area contributed by atoms with E-state index in [1.165, 1.54) is 17.4 Å². The van der Waals surface area contributed by atoms with Gasteiger partial charge in [0.25, 0.3) is 11.8 Å². The number of rotatable bonds is 17. The van der Waals surface area contributed by atoms with Gasteiger partial charge in [-0.1, -0.05) is 91.8 Å². The highest BCUT2D eigenvalue weighted by Crippen LogP contribution is 2.50. The highest BCUT2D eigenvalue weighted by molar-refractivity contribution is 7.91. The fourth-order valence-electron chi connectivity index (χ4n) is 14.3. The van der Waals surface area contributed by atoms with E-state index in [0.717, 1.165) is 142 Å². The lowest BCUT2D eigenvalue weighted by Crippen LogP contribution is -2.52. The van der Waals surface area contributed by atoms with Gasteiger partial charge in [0.05, 0.1) is 51.0 Å². The first-order valence-corrected chi connectivity index (χ1v) is 40.0. The van der Waals surface area contributed by atoms with Crippen molar-refractivity contribution in [2.24, 2.45) is 0 Å². The largest absolute Gasteiger partial charge is 0.444 e. The molecule has 4 aliphatic carbocycles. The third-order valence-corrected chi connectivity index (χ3v) is 26.9. The van der Waals surface area contributed by atoms with Gasteiger partial charge in [0, 0.05) is 94.6 Å². The molecule has 0 radical (unpaired) electrons. The van der Waals surface area contributed by atoms with E-state index in [1.54, 1.807) is 35.6 Å². The van der Waals surface area contributed by atoms with Crippen molar-refractivity contribution in [2.75, 3.05) is 19.0 Å². The summed E-state index contributed by atoms with van der Waals surface area (Å²) in [7, 11) is -2.77. The number of amides is 3. The zero-order chi connectivity index (χ0) is 68.9. The lowest BCUT2D eigenvalue weighted by atomic mass is 9.95. The molecule has 8 aromatic rings. The summed E-state index contributed by atoms with van der Waals surface area (Å²) >= 11 is 34.9. The molecule has 4 saturated carbocycles. The summed E-state index contributed by atoms with van der Waals surface area (Å²) in [5.74, 6) is 1.56. The van der Waals surface area contributed by atoms with Crippen LogP contribution in [-0.2, 0) is 37.9 Å². The quantitative estimate of drug-likeness (QED) is 0.0860. The molecule has 4 aliphatic heterocycles. The van der Waals surface area contributed by atoms with Crippen molar-refractivity contribution in [3.63, 3.8) is 0 Å². The Morgan fingerprint density at radius 3 is 1.40 bits per heavy atom. The van der Waals surface area contributed by atoms with Crippen LogP contribution in [0.1, 0.15) is 179 Å². The smallest absolute Gasteiger partial charge is 0.410 e. The van der Waals surface area contributed by atoms with Gasteiger partial charge in [0.2, 0.25) is 20.0 Å². The Bertz CT molecular complexity index is 4570. The van der Waals surface area contributed by atoms with Crippen LogP contribution in [0.25, 0.3) is 42.9 Å². The first-order valence-electron chi connectivity index (χ1n) is 33.4. The number of thiazole rings is 2. The summed E-state index contributed by atoms with van der Waals surface area (Å²) in [6.07, 6.45) is 15.0. The van der Waals surface area contributed by atoms with Crippen LogP contribution in [0.15, 0.2) is 81.8 Å². The standard InChI is InChI=1S/C32H33Cl2N5O4S2.C26H33Cl2N3O3.C11H9ClN2O3S2/c1-38(16-23-29(36-43-30(23)17-5-6-17)28-24(33)3-2-4-25(28)34)21-14-19-8-9-20(15-21)39(19)32-35-26-12-7-18(13-27(26)44-32)31(40)37-45(41,42)22-10-11-22;1-26(2,3)33-25(32)31-16-10-11-17(31)13-18(12-16)30(4)14-19-23(29-34-24(19)15-8-9-15)22-20(27)6-5-7-21(22)28;12-11-13-8-4-1-6(5-9(8)18-11)10(15)14-19(16,17)7-2-3-7/h2-4,7,12-13,17,19-22H,5-6,8-11,14-16H2,1H3,(H,37,40);5-7,15-18H,8-14H2,1-4H3;1,4-5,7H,2-3H2,(H,14,15). The average Bonchev–Trinajstić information content (AvgIpc) is 1.60. The summed E-state index contributed by atoms with van der Waals surface area (Å²) in [5, 5.41) is 11.3. The Morgan fingerprint density at radius 1 is 0.571 bits per heavy atom. The number of carbonyl (C=O) groups excluding carboxylic acids is 3. The van der Waals surface area contributed by atoms with E-state index < -0.39 is 48.0 Å². The van der Waals surface area contributed by atoms with Gasteiger partial charge in [-0.25, -0.2) is 41.0 Å². The molecule has 98 heavy (non-hydrogen) atoms. The van der Waals surface area contributed by atoms with Gasteiger partial charge in [0.1, 0.15) is 28.5 Å². The topological polar surface area (TPSA) is 244 Å². The van der Waals surface area contributed by atoms with E-state index in [2.05, 4.69) is 53.5 Å². The highest BCUT2D eigenvalue weighted by Gasteiger charge is 2.48. The van der Waals surface area contributed by atoms with E-state index in [4.69, 9.17) is 76.8 Å². The fraction of sp³-hybridized carbons (Fsp3) is 0.493. The molecule has 8 heterocycles. The van der Waals surface area contributed by atoms with Crippen LogP contribution in [0, 0.1) is 0 Å². The van der Waals surface area contributed by atoms with Crippen LogP contribution in [-0.4, -0.2) is 136 Å². The van der Waals surface area contributed by atoms with Crippen LogP contribution in [0.5, 0.6) is 0 Å². The molecule has 0 spiro atoms. The lowest BCUT2D eigenvalue weighted by Gasteiger charge is -2.42. The van der Waals surface area contributed by atoms with E-state index in [1.807, 2.05) is 68.1 Å². The van der Waals surface area contributed by atoms with E-state index >= 15 is 0 Å². The summed E-state index contributed by atoms with van der Waals surface area (Å²) < 4.78 is 71.8. The zero-order valence-electron chi connectivity index (χ0n) is 54.6. The van der Waals surface area contributed by atoms with Crippen LogP contribution < -0.4 is 14.3 Å². The number of ether oxygens (including phenoxy) is 1. The number of piperidine rings is 2. The summed E-state index contributed by atoms with van der Waals surface area (Å²) in [4.78, 5) is 55.8. The predicted molar refractivity (Wildman–Crippen MR) is 384 cm³/mol. The number of hydrogen-bond donors (Lipinski definition) is 2. The highest BCUT2D eigenvalue weighted by atomic mass is 35.5. The Labute approximate surface area is 602 Å². The number of halogens is 5. The lowest BCUT2D eigenvalue weighted by molar-refractivity contribution is -0.00282. The molecule has 29 heteroatoms. The van der Waals surface area contributed by atoms with Crippen molar-refractivity contribution in [1.82, 2.24) is 44.4 Å². The Morgan fingerprint density at radius 2 is 0.980 bits per heavy atom. The van der Waals surface area contributed by atoms with Crippen molar-refractivity contribution in [3.05, 3.63) is 131 Å². The number of sulfonamides is 2. The van der Waals surface area contributed by atoms with Crippen LogP contribution in [0.3, 0.4) is 0 Å². The number of benzene rings is 4. The Hall–Kier alpha value is -5.64. The van der Waals surface area contributed by atoms with Crippen molar-refractivity contribution >= 4 is 144 Å². The molecule has 4 bridgehead atoms. The van der Waals surface area contributed by atoms with Gasteiger partial charge < -0.3 is 23.6 Å². The SMILES string of the molecule is CN(Cc1c(-c2c(Cl)cccc2Cl)noc1C1CC1)C1CC2CCC(C1)N2C(=O)OC(C)(C)C.CN(Cc1c(-c2c(Cl)cccc2Cl)noc1C1CC1)C1CC2CCC(C1)N2c1nc2ccc(C(=O)NS(=O)(=O)C3CC3)cc2s1.O=C(NS(=O)(=O)C1CC1)c1ccc2nc(Cl)sc2c1. The first kappa shape index (κ1) is 69.4. The molecule has 8 fully saturated rings. The predicted octanol–water partition coefficient (Wildman–Crippen LogP) is 16.0. The summed E-state index contributed by atoms with van der Waals surface area (Å²) in [6, 6.07) is 23.0. The molecule has 2 N–H and O–H groups in total. The maximum absolute atomic E-state index is 12.8. The number of nitrogens with one attached hydrogen (secondary N) is 2. The normalized spacial score (nSPS) is 22.3. The first-order chi connectivity index (χ1) is 46.7. The second-order valence-corrected chi connectivity index (χ2v) is 36.5. The Kier molecular flexibility index (Phi) is 19.6. The van der Waals surface area contributed by atoms with E-state index in [9.17, 15) is 31.2 Å². The molecular weight excluding hydrogens is 1430 g/mol. The van der Waals surface area contributed by atoms with Gasteiger partial charge in [0.15, 0.2) is 9.60 Å². The molecule has 4 atom stereocenters. The minimum Gasteiger partial charge on any atom is -0.444 e. The van der Waals surface area contributed by atoms with Crippen molar-refractivity contribution in [2.45, 2.75) is 201 Å². The number of aromatic nitrogens is 4. The van der Waals surface area contributed by atoms with E-state index in [0.29, 0.717) is 110 Å². The van der Waals surface area contributed by atoms with Crippen molar-refractivity contribution in [3.8, 4) is 22.5 Å². The molecule has 4 aromatic heterocycles. The molecule has 8 aliphatic rings. The molecule has 20 nitrogen and oxygen atoms in total. The van der Waals surface area contributed by atoms with Gasteiger partial charge in [-0.15, -0.1) is 11.3 Å². The summed E-state index contributed by atoms with van der Waals surface area (Å²) in [5.41, 5.74) is 6.79. The average molecular weight is 1510 g/mol. The molecule has 16 rings (SSSR count). The second-order valence-electron chi connectivity index (χ2n) is 28.3. The van der Waals surface area contributed by atoms with Crippen molar-refractivity contribution < 1.29 is 45.0 Å². The third-order valence-electron chi connectivity index (χ3n) is 19.9. The Balaban J connectivity index is 0.000000136. The maximum atomic E-state index is 12.8. The van der Waals surface area contributed by atoms with Gasteiger partial charge >= 0.3 is 6.09 Å². The molecule has 520 valence electrons. The minimum atomic E-state index is -3.60. The number of carbonyl (C=O) groups is 3. The monoisotopic (exact) mass is 1510 g/mol.